The zero-order chi connectivity index (χ0) is 10.1. The highest BCUT2D eigenvalue weighted by Crippen LogP contribution is 2.28. The number of fused-ring (bicyclic) bond motifs is 1. The zero-order valence-corrected chi connectivity index (χ0v) is 8.20. The van der Waals surface area contributed by atoms with Crippen LogP contribution in [-0.2, 0) is 11.2 Å². The molecule has 0 aliphatic heterocycles. The number of esters is 1. The van der Waals surface area contributed by atoms with Crippen molar-refractivity contribution in [1.29, 1.82) is 0 Å². The fourth-order valence-corrected chi connectivity index (χ4v) is 1.70. The Balaban J connectivity index is 2.52. The number of pyridine rings is 1. The van der Waals surface area contributed by atoms with Crippen LogP contribution in [0.2, 0.25) is 0 Å². The second kappa shape index (κ2) is 3.25. The van der Waals surface area contributed by atoms with Crippen LogP contribution in [0.3, 0.4) is 0 Å². The molecule has 0 spiro atoms. The van der Waals surface area contributed by atoms with Gasteiger partial charge >= 0.3 is 5.97 Å². The molecule has 3 nitrogen and oxygen atoms in total. The Hall–Kier alpha value is -1.64. The molecule has 0 amide bonds. The molecule has 0 saturated carbocycles. The fourth-order valence-electron chi connectivity index (χ4n) is 1.70. The number of allylic oxidation sites excluding steroid dienone is 2. The lowest BCUT2D eigenvalue weighted by atomic mass is 10.0. The van der Waals surface area contributed by atoms with Crippen molar-refractivity contribution in [2.45, 2.75) is 13.3 Å². The molecule has 0 fully saturated rings. The van der Waals surface area contributed by atoms with E-state index >= 15 is 0 Å². The van der Waals surface area contributed by atoms with E-state index in [-0.39, 0.29) is 5.97 Å². The summed E-state index contributed by atoms with van der Waals surface area (Å²) in [5.41, 5.74) is 3.86. The van der Waals surface area contributed by atoms with Crippen LogP contribution in [0.4, 0.5) is 0 Å². The van der Waals surface area contributed by atoms with Crippen molar-refractivity contribution in [3.05, 3.63) is 35.2 Å². The highest BCUT2D eigenvalue weighted by Gasteiger charge is 2.19. The summed E-state index contributed by atoms with van der Waals surface area (Å²) in [4.78, 5) is 15.4. The summed E-state index contributed by atoms with van der Waals surface area (Å²) in [6.45, 7) is 2.02. The van der Waals surface area contributed by atoms with E-state index in [4.69, 9.17) is 4.74 Å². The molecule has 1 aromatic heterocycles. The Morgan fingerprint density at radius 1 is 1.50 bits per heavy atom. The molecule has 14 heavy (non-hydrogen) atoms. The first-order chi connectivity index (χ1) is 6.74. The fraction of sp³-hybridized carbons (Fsp3) is 0.273. The van der Waals surface area contributed by atoms with E-state index in [0.29, 0.717) is 5.56 Å². The van der Waals surface area contributed by atoms with Gasteiger partial charge in [-0.15, -0.1) is 0 Å². The molecule has 1 aliphatic rings. The van der Waals surface area contributed by atoms with Crippen molar-refractivity contribution in [3.63, 3.8) is 0 Å². The molecule has 0 radical (unpaired) electrons. The molecule has 3 heteroatoms. The van der Waals surface area contributed by atoms with Crippen molar-refractivity contribution in [2.75, 3.05) is 7.11 Å². The van der Waals surface area contributed by atoms with Crippen LogP contribution >= 0.6 is 0 Å². The third kappa shape index (κ3) is 1.21. The van der Waals surface area contributed by atoms with Gasteiger partial charge in [0.05, 0.1) is 12.7 Å². The minimum absolute atomic E-state index is 0.308. The largest absolute Gasteiger partial charge is 0.465 e. The van der Waals surface area contributed by atoms with Gasteiger partial charge in [-0.2, -0.15) is 0 Å². The minimum Gasteiger partial charge on any atom is -0.465 e. The first-order valence-electron chi connectivity index (χ1n) is 4.46. The molecule has 0 N–H and O–H groups in total. The summed E-state index contributed by atoms with van der Waals surface area (Å²) in [7, 11) is 1.39. The summed E-state index contributed by atoms with van der Waals surface area (Å²) in [6, 6.07) is 0. The third-order valence-electron chi connectivity index (χ3n) is 2.50. The van der Waals surface area contributed by atoms with Gasteiger partial charge in [-0.1, -0.05) is 6.08 Å². The van der Waals surface area contributed by atoms with Crippen molar-refractivity contribution in [1.82, 2.24) is 4.98 Å². The van der Waals surface area contributed by atoms with Crippen molar-refractivity contribution >= 4 is 11.5 Å². The van der Waals surface area contributed by atoms with Crippen molar-refractivity contribution < 1.29 is 9.53 Å². The molecule has 0 aromatic carbocycles. The topological polar surface area (TPSA) is 39.2 Å². The molecule has 1 heterocycles. The van der Waals surface area contributed by atoms with Gasteiger partial charge in [-0.25, -0.2) is 4.79 Å². The SMILES string of the molecule is COC(=O)c1cncc2c1CC=C2C. The number of carbonyl (C=O) groups excluding carboxylic acids is 1. The first-order valence-corrected chi connectivity index (χ1v) is 4.46. The van der Waals surface area contributed by atoms with E-state index in [1.54, 1.807) is 12.4 Å². The standard InChI is InChI=1S/C11H11NO2/c1-7-3-4-8-9(7)5-12-6-10(8)11(13)14-2/h3,5-6H,4H2,1-2H3. The van der Waals surface area contributed by atoms with Crippen LogP contribution < -0.4 is 0 Å². The third-order valence-corrected chi connectivity index (χ3v) is 2.50. The zero-order valence-electron chi connectivity index (χ0n) is 8.20. The van der Waals surface area contributed by atoms with Crippen LogP contribution in [-0.4, -0.2) is 18.1 Å². The van der Waals surface area contributed by atoms with Gasteiger partial charge in [0, 0.05) is 12.4 Å². The van der Waals surface area contributed by atoms with Gasteiger partial charge < -0.3 is 4.74 Å². The molecule has 0 bridgehead atoms. The van der Waals surface area contributed by atoms with Gasteiger partial charge in [-0.05, 0) is 30.0 Å². The van der Waals surface area contributed by atoms with E-state index in [1.165, 1.54) is 12.7 Å². The number of rotatable bonds is 1. The molecule has 0 atom stereocenters. The van der Waals surface area contributed by atoms with Crippen LogP contribution in [0.5, 0.6) is 0 Å². The maximum absolute atomic E-state index is 11.4. The molecule has 0 unspecified atom stereocenters. The maximum atomic E-state index is 11.4. The molecule has 1 aliphatic carbocycles. The molecule has 2 rings (SSSR count). The normalized spacial score (nSPS) is 13.4. The summed E-state index contributed by atoms with van der Waals surface area (Å²) in [5, 5.41) is 0. The number of carbonyl (C=O) groups is 1. The van der Waals surface area contributed by atoms with E-state index in [1.807, 2.05) is 6.92 Å². The summed E-state index contributed by atoms with van der Waals surface area (Å²) >= 11 is 0. The number of hydrogen-bond donors (Lipinski definition) is 0. The van der Waals surface area contributed by atoms with E-state index in [9.17, 15) is 4.79 Å². The van der Waals surface area contributed by atoms with Crippen molar-refractivity contribution in [3.8, 4) is 0 Å². The second-order valence-electron chi connectivity index (χ2n) is 3.30. The lowest BCUT2D eigenvalue weighted by Crippen LogP contribution is -2.06. The number of aromatic nitrogens is 1. The summed E-state index contributed by atoms with van der Waals surface area (Å²) in [6.07, 6.45) is 6.25. The van der Waals surface area contributed by atoms with E-state index in [2.05, 4.69) is 11.1 Å². The highest BCUT2D eigenvalue weighted by molar-refractivity contribution is 5.93. The van der Waals surface area contributed by atoms with Crippen LogP contribution in [0.25, 0.3) is 5.57 Å². The quantitative estimate of drug-likeness (QED) is 0.632. The predicted molar refractivity (Wildman–Crippen MR) is 52.9 cm³/mol. The Labute approximate surface area is 82.4 Å². The van der Waals surface area contributed by atoms with Gasteiger partial charge in [0.25, 0.3) is 0 Å². The first kappa shape index (κ1) is 8.94. The Morgan fingerprint density at radius 2 is 2.29 bits per heavy atom. The smallest absolute Gasteiger partial charge is 0.339 e. The molecular formula is C11H11NO2. The lowest BCUT2D eigenvalue weighted by molar-refractivity contribution is 0.0599. The van der Waals surface area contributed by atoms with Gasteiger partial charge in [-0.3, -0.25) is 4.98 Å². The Bertz CT molecular complexity index is 421. The second-order valence-corrected chi connectivity index (χ2v) is 3.30. The molecule has 72 valence electrons. The molecule has 1 aromatic rings. The van der Waals surface area contributed by atoms with E-state index in [0.717, 1.165) is 17.5 Å². The van der Waals surface area contributed by atoms with Gasteiger partial charge in [0.15, 0.2) is 0 Å². The highest BCUT2D eigenvalue weighted by atomic mass is 16.5. The molecule has 0 saturated heterocycles. The van der Waals surface area contributed by atoms with Crippen LogP contribution in [0, 0.1) is 0 Å². The maximum Gasteiger partial charge on any atom is 0.339 e. The van der Waals surface area contributed by atoms with E-state index < -0.39 is 0 Å². The Morgan fingerprint density at radius 3 is 3.00 bits per heavy atom. The Kier molecular flexibility index (Phi) is 2.08. The number of nitrogens with zero attached hydrogens (tertiary/aromatic N) is 1. The number of methoxy groups -OCH3 is 1. The summed E-state index contributed by atoms with van der Waals surface area (Å²) in [5.74, 6) is -0.308. The average Bonchev–Trinajstić information content (AvgIpc) is 2.59. The van der Waals surface area contributed by atoms with Crippen molar-refractivity contribution in [2.24, 2.45) is 0 Å². The van der Waals surface area contributed by atoms with Crippen LogP contribution in [0.15, 0.2) is 18.5 Å². The minimum atomic E-state index is -0.308. The monoisotopic (exact) mass is 189 g/mol. The number of ether oxygens (including phenoxy) is 1. The van der Waals surface area contributed by atoms with Gasteiger partial charge in [0.1, 0.15) is 0 Å². The number of hydrogen-bond acceptors (Lipinski definition) is 3. The predicted octanol–water partition coefficient (Wildman–Crippen LogP) is 1.83. The molecular weight excluding hydrogens is 178 g/mol. The lowest BCUT2D eigenvalue weighted by Gasteiger charge is -2.05. The average molecular weight is 189 g/mol. The summed E-state index contributed by atoms with van der Waals surface area (Å²) < 4.78 is 4.69. The van der Waals surface area contributed by atoms with Gasteiger partial charge in [0.2, 0.25) is 0 Å². The van der Waals surface area contributed by atoms with Crippen LogP contribution in [0.1, 0.15) is 28.4 Å².